The van der Waals surface area contributed by atoms with Crippen LogP contribution in [-0.2, 0) is 11.2 Å². The van der Waals surface area contributed by atoms with Gasteiger partial charge in [-0.1, -0.05) is 18.2 Å². The molecule has 1 amide bonds. The quantitative estimate of drug-likeness (QED) is 0.728. The molecule has 0 unspecified atom stereocenters. The van der Waals surface area contributed by atoms with Crippen molar-refractivity contribution in [2.75, 3.05) is 11.1 Å². The Bertz CT molecular complexity index is 810. The van der Waals surface area contributed by atoms with E-state index in [9.17, 15) is 4.79 Å². The van der Waals surface area contributed by atoms with Crippen molar-refractivity contribution < 1.29 is 4.79 Å². The number of nitrogens with one attached hydrogen (secondary N) is 1. The van der Waals surface area contributed by atoms with Crippen molar-refractivity contribution in [3.8, 4) is 0 Å². The van der Waals surface area contributed by atoms with Gasteiger partial charge in [0.15, 0.2) is 0 Å². The van der Waals surface area contributed by atoms with Crippen LogP contribution in [0.5, 0.6) is 0 Å². The summed E-state index contributed by atoms with van der Waals surface area (Å²) in [5.41, 5.74) is 9.07. The number of anilines is 2. The highest BCUT2D eigenvalue weighted by atomic mass is 32.1. The number of nitrogens with zero attached hydrogens (tertiary/aromatic N) is 1. The molecule has 0 fully saturated rings. The van der Waals surface area contributed by atoms with E-state index in [0.717, 1.165) is 26.5 Å². The molecule has 2 aromatic carbocycles. The summed E-state index contributed by atoms with van der Waals surface area (Å²) in [6, 6.07) is 13.1. The Hall–Kier alpha value is -2.40. The molecule has 0 atom stereocenters. The number of carbonyl (C=O) groups is 1. The third-order valence-corrected chi connectivity index (χ3v) is 4.12. The molecule has 106 valence electrons. The summed E-state index contributed by atoms with van der Waals surface area (Å²) in [4.78, 5) is 16.5. The maximum atomic E-state index is 12.1. The normalized spacial score (nSPS) is 10.7. The van der Waals surface area contributed by atoms with Crippen LogP contribution in [0.3, 0.4) is 0 Å². The van der Waals surface area contributed by atoms with Gasteiger partial charge < -0.3 is 11.1 Å². The Morgan fingerprint density at radius 3 is 2.90 bits per heavy atom. The van der Waals surface area contributed by atoms with Crippen LogP contribution >= 0.6 is 11.3 Å². The van der Waals surface area contributed by atoms with Crippen LogP contribution in [-0.4, -0.2) is 10.9 Å². The van der Waals surface area contributed by atoms with Gasteiger partial charge in [-0.2, -0.15) is 0 Å². The standard InChI is InChI=1S/C16H15N3OS/c1-10-18-14-7-6-12(9-15(14)21-10)19-16(20)8-11-4-2-3-5-13(11)17/h2-7,9H,8,17H2,1H3,(H,19,20). The number of hydrogen-bond acceptors (Lipinski definition) is 4. The lowest BCUT2D eigenvalue weighted by molar-refractivity contribution is -0.115. The summed E-state index contributed by atoms with van der Waals surface area (Å²) in [5, 5.41) is 3.92. The van der Waals surface area contributed by atoms with E-state index in [1.165, 1.54) is 0 Å². The molecule has 5 heteroatoms. The van der Waals surface area contributed by atoms with Crippen LogP contribution < -0.4 is 11.1 Å². The van der Waals surface area contributed by atoms with Gasteiger partial charge in [0.25, 0.3) is 0 Å². The van der Waals surface area contributed by atoms with Crippen molar-refractivity contribution in [2.45, 2.75) is 13.3 Å². The van der Waals surface area contributed by atoms with Crippen LogP contribution in [0.1, 0.15) is 10.6 Å². The van der Waals surface area contributed by atoms with E-state index in [1.54, 1.807) is 17.4 Å². The summed E-state index contributed by atoms with van der Waals surface area (Å²) < 4.78 is 1.07. The number of nitrogen functional groups attached to an aromatic ring is 1. The monoisotopic (exact) mass is 297 g/mol. The topological polar surface area (TPSA) is 68.0 Å². The molecule has 4 nitrogen and oxygen atoms in total. The molecule has 0 aliphatic heterocycles. The maximum Gasteiger partial charge on any atom is 0.228 e. The molecule has 3 aromatic rings. The third kappa shape index (κ3) is 3.03. The van der Waals surface area contributed by atoms with Gasteiger partial charge in [-0.25, -0.2) is 4.98 Å². The first-order valence-electron chi connectivity index (χ1n) is 6.62. The summed E-state index contributed by atoms with van der Waals surface area (Å²) in [6.45, 7) is 1.97. The van der Waals surface area contributed by atoms with Crippen molar-refractivity contribution in [1.29, 1.82) is 0 Å². The lowest BCUT2D eigenvalue weighted by atomic mass is 10.1. The van der Waals surface area contributed by atoms with Gasteiger partial charge >= 0.3 is 0 Å². The van der Waals surface area contributed by atoms with Gasteiger partial charge in [-0.3, -0.25) is 4.79 Å². The number of aryl methyl sites for hydroxylation is 1. The number of hydrogen-bond donors (Lipinski definition) is 2. The summed E-state index contributed by atoms with van der Waals surface area (Å²) in [5.74, 6) is -0.0755. The van der Waals surface area contributed by atoms with Gasteiger partial charge in [-0.05, 0) is 36.8 Å². The summed E-state index contributed by atoms with van der Waals surface area (Å²) in [7, 11) is 0. The minimum atomic E-state index is -0.0755. The molecule has 0 radical (unpaired) electrons. The summed E-state index contributed by atoms with van der Waals surface area (Å²) in [6.07, 6.45) is 0.270. The van der Waals surface area contributed by atoms with Crippen molar-refractivity contribution in [1.82, 2.24) is 4.98 Å². The van der Waals surface area contributed by atoms with Gasteiger partial charge in [-0.15, -0.1) is 11.3 Å². The van der Waals surface area contributed by atoms with E-state index in [-0.39, 0.29) is 12.3 Å². The number of amides is 1. The second-order valence-electron chi connectivity index (χ2n) is 4.84. The number of fused-ring (bicyclic) bond motifs is 1. The second kappa shape index (κ2) is 5.54. The number of carbonyl (C=O) groups excluding carboxylic acids is 1. The third-order valence-electron chi connectivity index (χ3n) is 3.19. The highest BCUT2D eigenvalue weighted by molar-refractivity contribution is 7.18. The fourth-order valence-corrected chi connectivity index (χ4v) is 3.06. The smallest absolute Gasteiger partial charge is 0.228 e. The minimum Gasteiger partial charge on any atom is -0.398 e. The fourth-order valence-electron chi connectivity index (χ4n) is 2.19. The first-order chi connectivity index (χ1) is 10.1. The van der Waals surface area contributed by atoms with E-state index < -0.39 is 0 Å². The molecule has 0 saturated heterocycles. The Morgan fingerprint density at radius 2 is 2.10 bits per heavy atom. The van der Waals surface area contributed by atoms with E-state index >= 15 is 0 Å². The van der Waals surface area contributed by atoms with E-state index in [4.69, 9.17) is 5.73 Å². The van der Waals surface area contributed by atoms with Gasteiger partial charge in [0.1, 0.15) is 0 Å². The van der Waals surface area contributed by atoms with Gasteiger partial charge in [0, 0.05) is 11.4 Å². The molecule has 1 aromatic heterocycles. The number of nitrogens with two attached hydrogens (primary N) is 1. The fraction of sp³-hybridized carbons (Fsp3) is 0.125. The first kappa shape index (κ1) is 13.6. The first-order valence-corrected chi connectivity index (χ1v) is 7.44. The molecule has 21 heavy (non-hydrogen) atoms. The molecule has 0 spiro atoms. The molecule has 0 saturated carbocycles. The molecular formula is C16H15N3OS. The van der Waals surface area contributed by atoms with E-state index in [2.05, 4.69) is 10.3 Å². The molecule has 3 rings (SSSR count). The van der Waals surface area contributed by atoms with Crippen LogP contribution in [0.15, 0.2) is 42.5 Å². The summed E-state index contributed by atoms with van der Waals surface area (Å²) >= 11 is 1.62. The number of para-hydroxylation sites is 1. The lowest BCUT2D eigenvalue weighted by Crippen LogP contribution is -2.15. The molecule has 0 aliphatic rings. The number of rotatable bonds is 3. The second-order valence-corrected chi connectivity index (χ2v) is 6.07. The molecule has 0 aliphatic carbocycles. The molecule has 3 N–H and O–H groups in total. The van der Waals surface area contributed by atoms with E-state index in [0.29, 0.717) is 5.69 Å². The zero-order chi connectivity index (χ0) is 14.8. The van der Waals surface area contributed by atoms with Crippen LogP contribution in [0.25, 0.3) is 10.2 Å². The Kier molecular flexibility index (Phi) is 3.58. The SMILES string of the molecule is Cc1nc2ccc(NC(=O)Cc3ccccc3N)cc2s1. The molecular weight excluding hydrogens is 282 g/mol. The Balaban J connectivity index is 1.75. The Morgan fingerprint density at radius 1 is 1.29 bits per heavy atom. The predicted molar refractivity (Wildman–Crippen MR) is 87.5 cm³/mol. The van der Waals surface area contributed by atoms with Crippen LogP contribution in [0, 0.1) is 6.92 Å². The molecule has 0 bridgehead atoms. The number of thiazole rings is 1. The van der Waals surface area contributed by atoms with Crippen LogP contribution in [0.4, 0.5) is 11.4 Å². The van der Waals surface area contributed by atoms with Crippen molar-refractivity contribution in [2.24, 2.45) is 0 Å². The van der Waals surface area contributed by atoms with E-state index in [1.807, 2.05) is 43.3 Å². The average Bonchev–Trinajstić information content (AvgIpc) is 2.80. The van der Waals surface area contributed by atoms with Crippen molar-refractivity contribution >= 4 is 38.8 Å². The maximum absolute atomic E-state index is 12.1. The van der Waals surface area contributed by atoms with Gasteiger partial charge in [0.05, 0.1) is 21.6 Å². The average molecular weight is 297 g/mol. The Labute approximate surface area is 126 Å². The zero-order valence-corrected chi connectivity index (χ0v) is 12.4. The lowest BCUT2D eigenvalue weighted by Gasteiger charge is -2.07. The highest BCUT2D eigenvalue weighted by Gasteiger charge is 2.08. The number of aromatic nitrogens is 1. The highest BCUT2D eigenvalue weighted by Crippen LogP contribution is 2.25. The largest absolute Gasteiger partial charge is 0.398 e. The molecule has 1 heterocycles. The predicted octanol–water partition coefficient (Wildman–Crippen LogP) is 3.37. The van der Waals surface area contributed by atoms with Crippen molar-refractivity contribution in [3.05, 3.63) is 53.0 Å². The minimum absolute atomic E-state index is 0.0755. The number of benzene rings is 2. The van der Waals surface area contributed by atoms with Gasteiger partial charge in [0.2, 0.25) is 5.91 Å². The zero-order valence-electron chi connectivity index (χ0n) is 11.6. The van der Waals surface area contributed by atoms with Crippen molar-refractivity contribution in [3.63, 3.8) is 0 Å². The van der Waals surface area contributed by atoms with Crippen LogP contribution in [0.2, 0.25) is 0 Å².